The Morgan fingerprint density at radius 2 is 2.12 bits per heavy atom. The first-order valence-corrected chi connectivity index (χ1v) is 8.05. The minimum Gasteiger partial charge on any atom is -0.349 e. The van der Waals surface area contributed by atoms with E-state index in [0.29, 0.717) is 12.7 Å². The average molecular weight is 252 g/mol. The molecule has 1 saturated heterocycles. The highest BCUT2D eigenvalue weighted by molar-refractivity contribution is 7.36. The molecule has 0 N–H and O–H groups in total. The molecule has 1 aromatic carbocycles. The summed E-state index contributed by atoms with van der Waals surface area (Å²) < 4.78 is 11.6. The van der Waals surface area contributed by atoms with Crippen LogP contribution in [0.25, 0.3) is 0 Å². The van der Waals surface area contributed by atoms with Gasteiger partial charge in [0, 0.05) is 6.42 Å². The van der Waals surface area contributed by atoms with Gasteiger partial charge < -0.3 is 9.47 Å². The third-order valence-corrected chi connectivity index (χ3v) is 3.85. The average Bonchev–Trinajstić information content (AvgIpc) is 2.83. The molecule has 1 aliphatic rings. The van der Waals surface area contributed by atoms with E-state index in [1.54, 1.807) is 0 Å². The quantitative estimate of drug-likeness (QED) is 0.722. The Balaban J connectivity index is 1.68. The lowest BCUT2D eigenvalue weighted by atomic mass is 10.2. The molecule has 0 saturated carbocycles. The van der Waals surface area contributed by atoms with Crippen LogP contribution in [0.3, 0.4) is 0 Å². The van der Waals surface area contributed by atoms with Crippen molar-refractivity contribution in [3.63, 3.8) is 0 Å². The van der Waals surface area contributed by atoms with Crippen LogP contribution in [-0.4, -0.2) is 25.2 Å². The van der Waals surface area contributed by atoms with Gasteiger partial charge in [-0.25, -0.2) is 0 Å². The van der Waals surface area contributed by atoms with E-state index in [2.05, 4.69) is 18.8 Å². The molecule has 2 rings (SSSR count). The molecule has 1 heterocycles. The van der Waals surface area contributed by atoms with Gasteiger partial charge in [-0.15, -0.1) is 8.58 Å². The predicted octanol–water partition coefficient (Wildman–Crippen LogP) is 3.41. The zero-order chi connectivity index (χ0) is 11.9. The SMILES string of the molecule is CPCCC1CCC(OCc2ccccc2)O1. The van der Waals surface area contributed by atoms with E-state index in [9.17, 15) is 0 Å². The molecule has 0 aromatic heterocycles. The smallest absolute Gasteiger partial charge is 0.158 e. The van der Waals surface area contributed by atoms with Crippen LogP contribution in [-0.2, 0) is 16.1 Å². The monoisotopic (exact) mass is 252 g/mol. The Hall–Kier alpha value is -0.430. The zero-order valence-electron chi connectivity index (χ0n) is 10.4. The first kappa shape index (κ1) is 13.0. The maximum atomic E-state index is 5.87. The van der Waals surface area contributed by atoms with Crippen molar-refractivity contribution in [1.82, 2.24) is 0 Å². The Morgan fingerprint density at radius 3 is 2.88 bits per heavy atom. The van der Waals surface area contributed by atoms with E-state index in [0.717, 1.165) is 21.4 Å². The first-order valence-electron chi connectivity index (χ1n) is 6.34. The molecule has 1 fully saturated rings. The maximum Gasteiger partial charge on any atom is 0.158 e. The molecule has 3 unspecified atom stereocenters. The molecule has 2 nitrogen and oxygen atoms in total. The van der Waals surface area contributed by atoms with E-state index in [4.69, 9.17) is 9.47 Å². The van der Waals surface area contributed by atoms with Gasteiger partial charge in [0.05, 0.1) is 12.7 Å². The molecular weight excluding hydrogens is 231 g/mol. The topological polar surface area (TPSA) is 18.5 Å². The van der Waals surface area contributed by atoms with Crippen molar-refractivity contribution in [3.8, 4) is 0 Å². The lowest BCUT2D eigenvalue weighted by molar-refractivity contribution is -0.140. The molecular formula is C14H21O2P. The van der Waals surface area contributed by atoms with E-state index < -0.39 is 0 Å². The fourth-order valence-electron chi connectivity index (χ4n) is 2.08. The van der Waals surface area contributed by atoms with E-state index >= 15 is 0 Å². The van der Waals surface area contributed by atoms with Crippen LogP contribution in [0.1, 0.15) is 24.8 Å². The molecule has 1 aromatic rings. The van der Waals surface area contributed by atoms with Crippen LogP contribution in [0, 0.1) is 0 Å². The van der Waals surface area contributed by atoms with E-state index in [1.807, 2.05) is 18.2 Å². The van der Waals surface area contributed by atoms with Gasteiger partial charge >= 0.3 is 0 Å². The Bertz CT molecular complexity index is 315. The van der Waals surface area contributed by atoms with Gasteiger partial charge in [0.1, 0.15) is 0 Å². The standard InChI is InChI=1S/C14H21O2P/c1-17-10-9-13-7-8-14(16-13)15-11-12-5-3-2-4-6-12/h2-6,13-14,17H,7-11H2,1H3. The van der Waals surface area contributed by atoms with Gasteiger partial charge in [0.15, 0.2) is 6.29 Å². The summed E-state index contributed by atoms with van der Waals surface area (Å²) in [6.45, 7) is 2.91. The van der Waals surface area contributed by atoms with Crippen LogP contribution in [0.15, 0.2) is 30.3 Å². The highest BCUT2D eigenvalue weighted by Gasteiger charge is 2.25. The number of ether oxygens (including phenoxy) is 2. The number of rotatable bonds is 6. The van der Waals surface area contributed by atoms with Crippen LogP contribution in [0.2, 0.25) is 0 Å². The van der Waals surface area contributed by atoms with Crippen molar-refractivity contribution >= 4 is 8.58 Å². The molecule has 3 heteroatoms. The third-order valence-electron chi connectivity index (χ3n) is 3.06. The summed E-state index contributed by atoms with van der Waals surface area (Å²) in [5.41, 5.74) is 1.22. The van der Waals surface area contributed by atoms with Gasteiger partial charge in [0.2, 0.25) is 0 Å². The largest absolute Gasteiger partial charge is 0.349 e. The Labute approximate surface area is 105 Å². The molecule has 1 aliphatic heterocycles. The van der Waals surface area contributed by atoms with Gasteiger partial charge in [0.25, 0.3) is 0 Å². The minimum absolute atomic E-state index is 0.0143. The molecule has 3 atom stereocenters. The van der Waals surface area contributed by atoms with E-state index in [-0.39, 0.29) is 6.29 Å². The maximum absolute atomic E-state index is 5.87. The molecule has 0 amide bonds. The summed E-state index contributed by atoms with van der Waals surface area (Å²) in [5, 5.41) is 0. The van der Waals surface area contributed by atoms with Crippen LogP contribution in [0.4, 0.5) is 0 Å². The Kier molecular flexibility index (Phi) is 5.44. The molecule has 0 aliphatic carbocycles. The summed E-state index contributed by atoms with van der Waals surface area (Å²) in [7, 11) is 1.03. The van der Waals surface area contributed by atoms with Crippen molar-refractivity contribution in [1.29, 1.82) is 0 Å². The van der Waals surface area contributed by atoms with Crippen LogP contribution in [0.5, 0.6) is 0 Å². The minimum atomic E-state index is 0.0143. The highest BCUT2D eigenvalue weighted by atomic mass is 31.1. The second kappa shape index (κ2) is 7.10. The molecule has 0 radical (unpaired) electrons. The van der Waals surface area contributed by atoms with Crippen molar-refractivity contribution < 1.29 is 9.47 Å². The first-order chi connectivity index (χ1) is 8.38. The summed E-state index contributed by atoms with van der Waals surface area (Å²) in [6.07, 6.45) is 5.13. The highest BCUT2D eigenvalue weighted by Crippen LogP contribution is 2.25. The number of benzene rings is 1. The van der Waals surface area contributed by atoms with Crippen molar-refractivity contribution in [2.24, 2.45) is 0 Å². The molecule has 94 valence electrons. The zero-order valence-corrected chi connectivity index (χ0v) is 11.4. The molecule has 17 heavy (non-hydrogen) atoms. The van der Waals surface area contributed by atoms with Gasteiger partial charge in [-0.05, 0) is 31.2 Å². The van der Waals surface area contributed by atoms with Crippen molar-refractivity contribution in [3.05, 3.63) is 35.9 Å². The Morgan fingerprint density at radius 1 is 1.29 bits per heavy atom. The summed E-state index contributed by atoms with van der Waals surface area (Å²) in [4.78, 5) is 0. The van der Waals surface area contributed by atoms with E-state index in [1.165, 1.54) is 18.1 Å². The summed E-state index contributed by atoms with van der Waals surface area (Å²) in [6, 6.07) is 10.3. The van der Waals surface area contributed by atoms with Gasteiger partial charge in [-0.2, -0.15) is 0 Å². The second-order valence-corrected chi connectivity index (χ2v) is 5.66. The predicted molar refractivity (Wildman–Crippen MR) is 72.8 cm³/mol. The number of hydrogen-bond donors (Lipinski definition) is 0. The normalized spacial score (nSPS) is 24.8. The van der Waals surface area contributed by atoms with Crippen molar-refractivity contribution in [2.45, 2.75) is 38.3 Å². The van der Waals surface area contributed by atoms with Gasteiger partial charge in [-0.3, -0.25) is 0 Å². The summed E-state index contributed by atoms with van der Waals surface area (Å²) >= 11 is 0. The second-order valence-electron chi connectivity index (χ2n) is 4.45. The van der Waals surface area contributed by atoms with Crippen molar-refractivity contribution in [2.75, 3.05) is 12.8 Å². The lowest BCUT2D eigenvalue weighted by Crippen LogP contribution is -2.14. The molecule has 0 spiro atoms. The fourth-order valence-corrected chi connectivity index (χ4v) is 2.69. The fraction of sp³-hybridized carbons (Fsp3) is 0.571. The lowest BCUT2D eigenvalue weighted by Gasteiger charge is -2.14. The molecule has 0 bridgehead atoms. The number of hydrogen-bond acceptors (Lipinski definition) is 2. The van der Waals surface area contributed by atoms with Crippen LogP contribution < -0.4 is 0 Å². The summed E-state index contributed by atoms with van der Waals surface area (Å²) in [5.74, 6) is 0. The van der Waals surface area contributed by atoms with Crippen LogP contribution >= 0.6 is 8.58 Å². The third kappa shape index (κ3) is 4.39. The van der Waals surface area contributed by atoms with Gasteiger partial charge in [-0.1, -0.05) is 30.3 Å².